The van der Waals surface area contributed by atoms with Crippen molar-refractivity contribution in [2.45, 2.75) is 6.42 Å². The Bertz CT molecular complexity index is 369. The zero-order valence-electron chi connectivity index (χ0n) is 6.74. The Labute approximate surface area is 79.5 Å². The number of furan rings is 1. The molecule has 0 radical (unpaired) electrons. The van der Waals surface area contributed by atoms with E-state index in [1.54, 1.807) is 6.26 Å². The Morgan fingerprint density at radius 3 is 3.08 bits per heavy atom. The van der Waals surface area contributed by atoms with Crippen LogP contribution in [0.15, 0.2) is 27.7 Å². The van der Waals surface area contributed by atoms with E-state index in [2.05, 4.69) is 14.7 Å². The second-order valence-electron chi connectivity index (χ2n) is 2.50. The third-order valence-corrected chi connectivity index (χ3v) is 1.80. The van der Waals surface area contributed by atoms with E-state index < -0.39 is 0 Å². The molecule has 0 saturated carbocycles. The predicted molar refractivity (Wildman–Crippen MR) is 46.4 cm³/mol. The van der Waals surface area contributed by atoms with Crippen molar-refractivity contribution >= 4 is 11.6 Å². The van der Waals surface area contributed by atoms with E-state index in [-0.39, 0.29) is 0 Å². The number of hydrogen-bond donors (Lipinski definition) is 0. The number of hydrogen-bond acceptors (Lipinski definition) is 4. The Hall–Kier alpha value is -1.29. The minimum absolute atomic E-state index is 0.532. The van der Waals surface area contributed by atoms with E-state index in [1.807, 2.05) is 6.07 Å². The Kier molecular flexibility index (Phi) is 2.31. The minimum Gasteiger partial charge on any atom is -0.469 e. The van der Waals surface area contributed by atoms with E-state index in [0.29, 0.717) is 18.1 Å². The maximum absolute atomic E-state index is 5.56. The Morgan fingerprint density at radius 2 is 2.38 bits per heavy atom. The lowest BCUT2D eigenvalue weighted by molar-refractivity contribution is 0.418. The smallest absolute Gasteiger partial charge is 0.214 e. The van der Waals surface area contributed by atoms with Crippen LogP contribution in [0.25, 0.3) is 11.4 Å². The minimum atomic E-state index is 0.532. The fourth-order valence-corrected chi connectivity index (χ4v) is 1.21. The van der Waals surface area contributed by atoms with E-state index >= 15 is 0 Å². The largest absolute Gasteiger partial charge is 0.469 e. The summed E-state index contributed by atoms with van der Waals surface area (Å²) in [5.41, 5.74) is 0.814. The zero-order chi connectivity index (χ0) is 9.10. The van der Waals surface area contributed by atoms with E-state index in [0.717, 1.165) is 11.3 Å². The fraction of sp³-hybridized carbons (Fsp3) is 0.250. The van der Waals surface area contributed by atoms with Gasteiger partial charge in [0.15, 0.2) is 0 Å². The summed E-state index contributed by atoms with van der Waals surface area (Å²) in [5.74, 6) is 1.90. The van der Waals surface area contributed by atoms with Gasteiger partial charge in [-0.2, -0.15) is 4.98 Å². The molecule has 68 valence electrons. The summed E-state index contributed by atoms with van der Waals surface area (Å²) in [4.78, 5) is 3.89. The average molecular weight is 199 g/mol. The first-order valence-electron chi connectivity index (χ1n) is 3.80. The first-order valence-corrected chi connectivity index (χ1v) is 4.33. The summed E-state index contributed by atoms with van der Waals surface area (Å²) in [7, 11) is 0. The summed E-state index contributed by atoms with van der Waals surface area (Å²) in [6, 6.07) is 1.85. The fourth-order valence-electron chi connectivity index (χ4n) is 1.02. The molecule has 0 bridgehead atoms. The molecule has 2 heterocycles. The molecule has 0 amide bonds. The van der Waals surface area contributed by atoms with Crippen LogP contribution in [-0.2, 0) is 6.42 Å². The van der Waals surface area contributed by atoms with Crippen LogP contribution in [-0.4, -0.2) is 16.0 Å². The van der Waals surface area contributed by atoms with Crippen molar-refractivity contribution in [2.24, 2.45) is 0 Å². The van der Waals surface area contributed by atoms with Crippen LogP contribution in [0.4, 0.5) is 0 Å². The van der Waals surface area contributed by atoms with Gasteiger partial charge in [-0.1, -0.05) is 5.16 Å². The van der Waals surface area contributed by atoms with Crippen LogP contribution >= 0.6 is 11.6 Å². The zero-order valence-corrected chi connectivity index (χ0v) is 7.49. The summed E-state index contributed by atoms with van der Waals surface area (Å²) >= 11 is 5.56. The first kappa shape index (κ1) is 8.31. The SMILES string of the molecule is ClCCc1cc(-c2ncon2)co1. The lowest BCUT2D eigenvalue weighted by Crippen LogP contribution is -1.80. The van der Waals surface area contributed by atoms with Crippen molar-refractivity contribution in [1.29, 1.82) is 0 Å². The highest BCUT2D eigenvalue weighted by atomic mass is 35.5. The predicted octanol–water partition coefficient (Wildman–Crippen LogP) is 2.11. The molecule has 0 aliphatic carbocycles. The van der Waals surface area contributed by atoms with Gasteiger partial charge in [-0.25, -0.2) is 0 Å². The monoisotopic (exact) mass is 198 g/mol. The van der Waals surface area contributed by atoms with Gasteiger partial charge in [0.05, 0.1) is 5.56 Å². The molecular formula is C8H7ClN2O2. The molecule has 0 aliphatic heterocycles. The van der Waals surface area contributed by atoms with E-state index in [9.17, 15) is 0 Å². The number of aryl methyl sites for hydroxylation is 1. The molecule has 13 heavy (non-hydrogen) atoms. The van der Waals surface area contributed by atoms with E-state index in [4.69, 9.17) is 16.0 Å². The quantitative estimate of drug-likeness (QED) is 0.709. The highest BCUT2D eigenvalue weighted by molar-refractivity contribution is 6.17. The maximum atomic E-state index is 5.56. The van der Waals surface area contributed by atoms with Gasteiger partial charge in [-0.3, -0.25) is 0 Å². The van der Waals surface area contributed by atoms with Crippen LogP contribution in [0.2, 0.25) is 0 Å². The van der Waals surface area contributed by atoms with Gasteiger partial charge >= 0.3 is 0 Å². The van der Waals surface area contributed by atoms with Gasteiger partial charge in [0.2, 0.25) is 12.2 Å². The van der Waals surface area contributed by atoms with Gasteiger partial charge in [0, 0.05) is 12.3 Å². The van der Waals surface area contributed by atoms with Gasteiger partial charge in [-0.05, 0) is 6.07 Å². The first-order chi connectivity index (χ1) is 6.40. The van der Waals surface area contributed by atoms with Crippen LogP contribution < -0.4 is 0 Å². The van der Waals surface area contributed by atoms with Crippen LogP contribution in [0.1, 0.15) is 5.76 Å². The molecule has 2 rings (SSSR count). The molecule has 0 N–H and O–H groups in total. The molecule has 0 aliphatic rings. The molecular weight excluding hydrogens is 192 g/mol. The summed E-state index contributed by atoms with van der Waals surface area (Å²) in [6.07, 6.45) is 3.58. The summed E-state index contributed by atoms with van der Waals surface area (Å²) in [5, 5.41) is 3.68. The molecule has 0 spiro atoms. The third-order valence-electron chi connectivity index (χ3n) is 1.61. The maximum Gasteiger partial charge on any atom is 0.214 e. The molecule has 0 fully saturated rings. The molecule has 0 saturated heterocycles. The number of alkyl halides is 1. The second kappa shape index (κ2) is 3.62. The van der Waals surface area contributed by atoms with Gasteiger partial charge in [0.1, 0.15) is 12.0 Å². The second-order valence-corrected chi connectivity index (χ2v) is 2.87. The molecule has 5 heteroatoms. The highest BCUT2D eigenvalue weighted by Gasteiger charge is 2.07. The molecule has 0 aromatic carbocycles. The van der Waals surface area contributed by atoms with Crippen molar-refractivity contribution in [3.8, 4) is 11.4 Å². The van der Waals surface area contributed by atoms with Gasteiger partial charge < -0.3 is 8.94 Å². The highest BCUT2D eigenvalue weighted by Crippen LogP contribution is 2.18. The lowest BCUT2D eigenvalue weighted by Gasteiger charge is -1.85. The van der Waals surface area contributed by atoms with Crippen LogP contribution in [0.3, 0.4) is 0 Å². The van der Waals surface area contributed by atoms with Crippen LogP contribution in [0.5, 0.6) is 0 Å². The van der Waals surface area contributed by atoms with E-state index in [1.165, 1.54) is 6.39 Å². The average Bonchev–Trinajstić information content (AvgIpc) is 2.70. The number of nitrogens with zero attached hydrogens (tertiary/aromatic N) is 2. The van der Waals surface area contributed by atoms with Crippen LogP contribution in [0, 0.1) is 0 Å². The lowest BCUT2D eigenvalue weighted by atomic mass is 10.3. The van der Waals surface area contributed by atoms with Crippen molar-refractivity contribution in [3.63, 3.8) is 0 Å². The van der Waals surface area contributed by atoms with Crippen molar-refractivity contribution in [3.05, 3.63) is 24.5 Å². The third kappa shape index (κ3) is 1.72. The Morgan fingerprint density at radius 1 is 1.46 bits per heavy atom. The standard InChI is InChI=1S/C8H7ClN2O2/c9-2-1-7-3-6(4-12-7)8-10-5-13-11-8/h3-5H,1-2H2. The molecule has 2 aromatic heterocycles. The van der Waals surface area contributed by atoms with Crippen molar-refractivity contribution < 1.29 is 8.94 Å². The normalized spacial score (nSPS) is 10.5. The van der Waals surface area contributed by atoms with Crippen molar-refractivity contribution in [2.75, 3.05) is 5.88 Å². The summed E-state index contributed by atoms with van der Waals surface area (Å²) < 4.78 is 9.83. The molecule has 4 nitrogen and oxygen atoms in total. The number of aromatic nitrogens is 2. The number of rotatable bonds is 3. The van der Waals surface area contributed by atoms with Crippen molar-refractivity contribution in [1.82, 2.24) is 10.1 Å². The summed E-state index contributed by atoms with van der Waals surface area (Å²) in [6.45, 7) is 0. The Balaban J connectivity index is 2.23. The topological polar surface area (TPSA) is 52.1 Å². The number of halogens is 1. The molecule has 0 atom stereocenters. The molecule has 2 aromatic rings. The molecule has 0 unspecified atom stereocenters. The van der Waals surface area contributed by atoms with Gasteiger partial charge in [-0.15, -0.1) is 11.6 Å². The van der Waals surface area contributed by atoms with Gasteiger partial charge in [0.25, 0.3) is 0 Å².